The third-order valence-corrected chi connectivity index (χ3v) is 2.95. The number of hydrogen-bond donors (Lipinski definition) is 1. The lowest BCUT2D eigenvalue weighted by Crippen LogP contribution is -2.35. The Balaban J connectivity index is 2.25. The number of aromatic nitrogens is 3. The van der Waals surface area contributed by atoms with Gasteiger partial charge in [-0.3, -0.25) is 4.68 Å². The Morgan fingerprint density at radius 3 is 2.68 bits per heavy atom. The van der Waals surface area contributed by atoms with Crippen molar-refractivity contribution in [3.8, 4) is 11.5 Å². The van der Waals surface area contributed by atoms with Crippen molar-refractivity contribution in [2.24, 2.45) is 7.05 Å². The molecule has 0 saturated heterocycles. The van der Waals surface area contributed by atoms with Crippen LogP contribution in [0.4, 0.5) is 0 Å². The summed E-state index contributed by atoms with van der Waals surface area (Å²) in [7, 11) is 1.93. The molecule has 1 N–H and O–H groups in total. The molecule has 2 rings (SSSR count). The predicted molar refractivity (Wildman–Crippen MR) is 74.7 cm³/mol. The van der Waals surface area contributed by atoms with E-state index in [0.717, 1.165) is 29.3 Å². The highest BCUT2D eigenvalue weighted by molar-refractivity contribution is 5.55. The van der Waals surface area contributed by atoms with Crippen LogP contribution < -0.4 is 5.32 Å². The van der Waals surface area contributed by atoms with Gasteiger partial charge in [-0.1, -0.05) is 6.92 Å². The fraction of sp³-hybridized carbons (Fsp3) is 0.571. The minimum Gasteiger partial charge on any atom is -0.442 e. The van der Waals surface area contributed by atoms with Gasteiger partial charge in [0.15, 0.2) is 12.2 Å². The SMILES string of the molecule is CCc1cc(-c2ocnc2CNC(C)(C)C)n(C)n1. The van der Waals surface area contributed by atoms with Gasteiger partial charge < -0.3 is 9.73 Å². The van der Waals surface area contributed by atoms with Gasteiger partial charge in [0.1, 0.15) is 11.4 Å². The van der Waals surface area contributed by atoms with Gasteiger partial charge >= 0.3 is 0 Å². The van der Waals surface area contributed by atoms with Gasteiger partial charge in [0.2, 0.25) is 0 Å². The molecule has 0 atom stereocenters. The fourth-order valence-corrected chi connectivity index (χ4v) is 1.86. The minimum atomic E-state index is 0.0528. The van der Waals surface area contributed by atoms with E-state index in [1.807, 2.05) is 11.7 Å². The summed E-state index contributed by atoms with van der Waals surface area (Å²) >= 11 is 0. The van der Waals surface area contributed by atoms with E-state index in [9.17, 15) is 0 Å². The molecule has 19 heavy (non-hydrogen) atoms. The van der Waals surface area contributed by atoms with Gasteiger partial charge in [0.05, 0.1) is 5.69 Å². The molecule has 5 heteroatoms. The Labute approximate surface area is 114 Å². The smallest absolute Gasteiger partial charge is 0.181 e. The molecule has 0 amide bonds. The zero-order valence-corrected chi connectivity index (χ0v) is 12.3. The Morgan fingerprint density at radius 1 is 1.37 bits per heavy atom. The standard InChI is InChI=1S/C14H22N4O/c1-6-10-7-12(18(5)17-10)13-11(15-9-19-13)8-16-14(2,3)4/h7,9,16H,6,8H2,1-5H3. The molecule has 0 aromatic carbocycles. The van der Waals surface area contributed by atoms with E-state index in [-0.39, 0.29) is 5.54 Å². The average Bonchev–Trinajstić information content (AvgIpc) is 2.91. The molecule has 2 aromatic rings. The summed E-state index contributed by atoms with van der Waals surface area (Å²) in [6, 6.07) is 2.06. The van der Waals surface area contributed by atoms with E-state index in [2.05, 4.69) is 49.2 Å². The number of oxazole rings is 1. The molecular weight excluding hydrogens is 240 g/mol. The maximum atomic E-state index is 5.54. The van der Waals surface area contributed by atoms with Crippen LogP contribution in [0, 0.1) is 0 Å². The van der Waals surface area contributed by atoms with Crippen molar-refractivity contribution in [2.45, 2.75) is 46.2 Å². The normalized spacial score (nSPS) is 12.1. The maximum Gasteiger partial charge on any atom is 0.181 e. The van der Waals surface area contributed by atoms with E-state index in [4.69, 9.17) is 4.42 Å². The maximum absolute atomic E-state index is 5.54. The summed E-state index contributed by atoms with van der Waals surface area (Å²) in [6.45, 7) is 9.17. The largest absolute Gasteiger partial charge is 0.442 e. The Hall–Kier alpha value is -1.62. The second-order valence-electron chi connectivity index (χ2n) is 5.73. The Kier molecular flexibility index (Phi) is 3.75. The molecule has 2 aromatic heterocycles. The lowest BCUT2D eigenvalue weighted by molar-refractivity contribution is 0.421. The third kappa shape index (κ3) is 3.23. The summed E-state index contributed by atoms with van der Waals surface area (Å²) in [5.41, 5.74) is 3.00. The summed E-state index contributed by atoms with van der Waals surface area (Å²) in [5.74, 6) is 0.798. The molecule has 0 unspecified atom stereocenters. The van der Waals surface area contributed by atoms with Gasteiger partial charge in [-0.15, -0.1) is 0 Å². The molecule has 0 radical (unpaired) electrons. The molecule has 0 aliphatic heterocycles. The number of rotatable bonds is 4. The molecule has 0 bridgehead atoms. The molecule has 0 saturated carbocycles. The molecule has 0 aliphatic rings. The predicted octanol–water partition coefficient (Wildman–Crippen LogP) is 2.53. The third-order valence-electron chi connectivity index (χ3n) is 2.95. The van der Waals surface area contributed by atoms with Crippen LogP contribution in [0.3, 0.4) is 0 Å². The van der Waals surface area contributed by atoms with Crippen LogP contribution in [0.1, 0.15) is 39.1 Å². The van der Waals surface area contributed by atoms with Crippen LogP contribution in [-0.4, -0.2) is 20.3 Å². The summed E-state index contributed by atoms with van der Waals surface area (Å²) in [6.07, 6.45) is 2.41. The van der Waals surface area contributed by atoms with Crippen molar-refractivity contribution in [3.05, 3.63) is 23.8 Å². The first-order valence-electron chi connectivity index (χ1n) is 6.61. The molecular formula is C14H22N4O. The number of nitrogens with one attached hydrogen (secondary N) is 1. The Bertz CT molecular complexity index is 548. The van der Waals surface area contributed by atoms with Crippen LogP contribution in [0.15, 0.2) is 16.9 Å². The van der Waals surface area contributed by atoms with Crippen LogP contribution in [0.2, 0.25) is 0 Å². The highest BCUT2D eigenvalue weighted by Crippen LogP contribution is 2.24. The summed E-state index contributed by atoms with van der Waals surface area (Å²) in [4.78, 5) is 4.30. The van der Waals surface area contributed by atoms with E-state index in [1.165, 1.54) is 6.39 Å². The van der Waals surface area contributed by atoms with Crippen LogP contribution >= 0.6 is 0 Å². The van der Waals surface area contributed by atoms with Crippen molar-refractivity contribution in [1.29, 1.82) is 0 Å². The zero-order chi connectivity index (χ0) is 14.0. The average molecular weight is 262 g/mol. The minimum absolute atomic E-state index is 0.0528. The number of hydrogen-bond acceptors (Lipinski definition) is 4. The lowest BCUT2D eigenvalue weighted by Gasteiger charge is -2.19. The number of nitrogens with zero attached hydrogens (tertiary/aromatic N) is 3. The van der Waals surface area contributed by atoms with E-state index < -0.39 is 0 Å². The molecule has 0 aliphatic carbocycles. The zero-order valence-electron chi connectivity index (χ0n) is 12.3. The molecule has 0 fully saturated rings. The summed E-state index contributed by atoms with van der Waals surface area (Å²) in [5, 5.41) is 7.87. The van der Waals surface area contributed by atoms with Crippen LogP contribution in [0.25, 0.3) is 11.5 Å². The molecule has 2 heterocycles. The number of aryl methyl sites for hydroxylation is 2. The molecule has 0 spiro atoms. The topological polar surface area (TPSA) is 55.9 Å². The van der Waals surface area contributed by atoms with Crippen molar-refractivity contribution in [1.82, 2.24) is 20.1 Å². The lowest BCUT2D eigenvalue weighted by atomic mass is 10.1. The fourth-order valence-electron chi connectivity index (χ4n) is 1.86. The highest BCUT2D eigenvalue weighted by atomic mass is 16.3. The Morgan fingerprint density at radius 2 is 2.11 bits per heavy atom. The van der Waals surface area contributed by atoms with E-state index in [1.54, 1.807) is 0 Å². The van der Waals surface area contributed by atoms with E-state index >= 15 is 0 Å². The van der Waals surface area contributed by atoms with Gasteiger partial charge in [0.25, 0.3) is 0 Å². The monoisotopic (exact) mass is 262 g/mol. The summed E-state index contributed by atoms with van der Waals surface area (Å²) < 4.78 is 7.39. The van der Waals surface area contributed by atoms with Crippen molar-refractivity contribution in [3.63, 3.8) is 0 Å². The highest BCUT2D eigenvalue weighted by Gasteiger charge is 2.17. The first-order valence-corrected chi connectivity index (χ1v) is 6.61. The van der Waals surface area contributed by atoms with Crippen LogP contribution in [0.5, 0.6) is 0 Å². The van der Waals surface area contributed by atoms with Gasteiger partial charge in [-0.2, -0.15) is 5.10 Å². The second kappa shape index (κ2) is 5.17. The quantitative estimate of drug-likeness (QED) is 0.920. The van der Waals surface area contributed by atoms with Crippen molar-refractivity contribution < 1.29 is 4.42 Å². The first kappa shape index (κ1) is 13.8. The first-order chi connectivity index (χ1) is 8.90. The van der Waals surface area contributed by atoms with Crippen molar-refractivity contribution >= 4 is 0 Å². The van der Waals surface area contributed by atoms with E-state index in [0.29, 0.717) is 6.54 Å². The van der Waals surface area contributed by atoms with Crippen LogP contribution in [-0.2, 0) is 20.0 Å². The van der Waals surface area contributed by atoms with Gasteiger partial charge in [0, 0.05) is 19.1 Å². The molecule has 104 valence electrons. The van der Waals surface area contributed by atoms with Crippen molar-refractivity contribution in [2.75, 3.05) is 0 Å². The second-order valence-corrected chi connectivity index (χ2v) is 5.73. The van der Waals surface area contributed by atoms with Gasteiger partial charge in [-0.05, 0) is 33.3 Å². The van der Waals surface area contributed by atoms with Gasteiger partial charge in [-0.25, -0.2) is 4.98 Å². The molecule has 5 nitrogen and oxygen atoms in total.